The van der Waals surface area contributed by atoms with Gasteiger partial charge in [0, 0.05) is 18.1 Å². The molecule has 9 heteroatoms. The van der Waals surface area contributed by atoms with Crippen molar-refractivity contribution in [2.24, 2.45) is 5.92 Å². The number of carbonyl (C=O) groups excluding carboxylic acids is 3. The first kappa shape index (κ1) is 19.9. The average Bonchev–Trinajstić information content (AvgIpc) is 3.24. The first-order valence-electron chi connectivity index (χ1n) is 10.0. The van der Waals surface area contributed by atoms with E-state index < -0.39 is 11.6 Å². The summed E-state index contributed by atoms with van der Waals surface area (Å²) in [6, 6.07) is -0.457. The molecule has 1 aliphatic carbocycles. The topological polar surface area (TPSA) is 87.0 Å². The van der Waals surface area contributed by atoms with Gasteiger partial charge >= 0.3 is 6.03 Å². The standard InChI is InChI=1S/C20H27N5O3S/c1-12-7-5-6-8-20(12)17(27)25(18(28)22-20)11-16(26)23(4)10-15-14(3)21-19-24(15)9-13(2)29-19/h9,12H,5-8,10-11H2,1-4H3,(H,22,28). The number of thiazole rings is 1. The quantitative estimate of drug-likeness (QED) is 0.775. The minimum absolute atomic E-state index is 0.0788. The Morgan fingerprint density at radius 1 is 1.38 bits per heavy atom. The van der Waals surface area contributed by atoms with Crippen molar-refractivity contribution >= 4 is 34.1 Å². The summed E-state index contributed by atoms with van der Waals surface area (Å²) in [5, 5.41) is 2.90. The van der Waals surface area contributed by atoms with Gasteiger partial charge in [-0.1, -0.05) is 19.8 Å². The number of nitrogens with zero attached hydrogens (tertiary/aromatic N) is 4. The number of rotatable bonds is 4. The predicted molar refractivity (Wildman–Crippen MR) is 110 cm³/mol. The van der Waals surface area contributed by atoms with Gasteiger partial charge in [0.15, 0.2) is 4.96 Å². The van der Waals surface area contributed by atoms with E-state index in [4.69, 9.17) is 0 Å². The molecule has 1 aliphatic heterocycles. The van der Waals surface area contributed by atoms with Crippen LogP contribution in [0.1, 0.15) is 48.9 Å². The van der Waals surface area contributed by atoms with E-state index in [9.17, 15) is 14.4 Å². The Labute approximate surface area is 173 Å². The Balaban J connectivity index is 1.48. The van der Waals surface area contributed by atoms with Crippen molar-refractivity contribution in [2.75, 3.05) is 13.6 Å². The van der Waals surface area contributed by atoms with E-state index in [0.29, 0.717) is 13.0 Å². The molecule has 2 fully saturated rings. The largest absolute Gasteiger partial charge is 0.338 e. The molecule has 8 nitrogen and oxygen atoms in total. The van der Waals surface area contributed by atoms with Gasteiger partial charge in [0.1, 0.15) is 12.1 Å². The van der Waals surface area contributed by atoms with Crippen LogP contribution in [0.15, 0.2) is 6.20 Å². The summed E-state index contributed by atoms with van der Waals surface area (Å²) in [6.07, 6.45) is 5.54. The molecular weight excluding hydrogens is 390 g/mol. The van der Waals surface area contributed by atoms with E-state index in [-0.39, 0.29) is 24.3 Å². The SMILES string of the molecule is Cc1cn2c(CN(C)C(=O)CN3C(=O)NC4(CCCCC4C)C3=O)c(C)nc2s1. The number of carbonyl (C=O) groups is 3. The smallest absolute Gasteiger partial charge is 0.325 e. The van der Waals surface area contributed by atoms with Crippen LogP contribution in [-0.4, -0.2) is 56.2 Å². The third-order valence-electron chi connectivity index (χ3n) is 6.35. The van der Waals surface area contributed by atoms with Crippen LogP contribution in [0.25, 0.3) is 4.96 Å². The lowest BCUT2D eigenvalue weighted by molar-refractivity contribution is -0.140. The van der Waals surface area contributed by atoms with E-state index >= 15 is 0 Å². The summed E-state index contributed by atoms with van der Waals surface area (Å²) in [5.74, 6) is -0.446. The molecule has 2 atom stereocenters. The van der Waals surface area contributed by atoms with Gasteiger partial charge in [0.2, 0.25) is 5.91 Å². The molecule has 3 heterocycles. The van der Waals surface area contributed by atoms with Gasteiger partial charge in [-0.15, -0.1) is 11.3 Å². The van der Waals surface area contributed by atoms with E-state index in [1.165, 1.54) is 0 Å². The molecule has 4 rings (SSSR count). The molecule has 1 N–H and O–H groups in total. The van der Waals surface area contributed by atoms with E-state index in [1.807, 2.05) is 31.4 Å². The van der Waals surface area contributed by atoms with Crippen LogP contribution in [0.3, 0.4) is 0 Å². The highest BCUT2D eigenvalue weighted by atomic mass is 32.1. The first-order chi connectivity index (χ1) is 13.7. The monoisotopic (exact) mass is 417 g/mol. The van der Waals surface area contributed by atoms with Crippen molar-refractivity contribution in [3.63, 3.8) is 0 Å². The van der Waals surface area contributed by atoms with E-state index in [2.05, 4.69) is 10.3 Å². The fourth-order valence-electron chi connectivity index (χ4n) is 4.51. The van der Waals surface area contributed by atoms with Crippen LogP contribution in [-0.2, 0) is 16.1 Å². The van der Waals surface area contributed by atoms with Crippen molar-refractivity contribution < 1.29 is 14.4 Å². The number of aryl methyl sites for hydroxylation is 2. The Kier molecular flexibility index (Phi) is 4.88. The highest BCUT2D eigenvalue weighted by Gasteiger charge is 2.55. The Morgan fingerprint density at radius 2 is 2.14 bits per heavy atom. The lowest BCUT2D eigenvalue weighted by atomic mass is 9.73. The zero-order valence-electron chi connectivity index (χ0n) is 17.3. The van der Waals surface area contributed by atoms with Gasteiger partial charge in [-0.05, 0) is 32.6 Å². The number of hydrogen-bond acceptors (Lipinski definition) is 5. The van der Waals surface area contributed by atoms with Gasteiger partial charge in [0.05, 0.1) is 17.9 Å². The van der Waals surface area contributed by atoms with E-state index in [0.717, 1.165) is 45.4 Å². The number of amides is 4. The molecule has 1 saturated heterocycles. The maximum atomic E-state index is 13.1. The molecule has 156 valence electrons. The molecule has 2 aromatic rings. The van der Waals surface area contributed by atoms with Gasteiger partial charge in [0.25, 0.3) is 5.91 Å². The van der Waals surface area contributed by atoms with Crippen LogP contribution >= 0.6 is 11.3 Å². The zero-order chi connectivity index (χ0) is 20.9. The van der Waals surface area contributed by atoms with Crippen LogP contribution in [0.2, 0.25) is 0 Å². The van der Waals surface area contributed by atoms with Crippen LogP contribution < -0.4 is 5.32 Å². The first-order valence-corrected chi connectivity index (χ1v) is 10.9. The van der Waals surface area contributed by atoms with Crippen LogP contribution in [0.5, 0.6) is 0 Å². The average molecular weight is 418 g/mol. The molecular formula is C20H27N5O3S. The molecule has 1 spiro atoms. The third kappa shape index (κ3) is 3.21. The summed E-state index contributed by atoms with van der Waals surface area (Å²) in [4.78, 5) is 47.7. The highest BCUT2D eigenvalue weighted by Crippen LogP contribution is 2.38. The minimum atomic E-state index is -0.837. The molecule has 1 saturated carbocycles. The second-order valence-corrected chi connectivity index (χ2v) is 9.54. The number of hydrogen-bond donors (Lipinski definition) is 1. The number of fused-ring (bicyclic) bond motifs is 1. The normalized spacial score (nSPS) is 24.6. The van der Waals surface area contributed by atoms with Gasteiger partial charge in [-0.3, -0.25) is 18.9 Å². The maximum absolute atomic E-state index is 13.1. The van der Waals surface area contributed by atoms with Crippen molar-refractivity contribution in [3.8, 4) is 0 Å². The highest BCUT2D eigenvalue weighted by molar-refractivity contribution is 7.17. The molecule has 2 aromatic heterocycles. The predicted octanol–water partition coefficient (Wildman–Crippen LogP) is 2.47. The molecule has 0 bridgehead atoms. The zero-order valence-corrected chi connectivity index (χ0v) is 18.1. The number of urea groups is 1. The Hall–Kier alpha value is -2.42. The summed E-state index contributed by atoms with van der Waals surface area (Å²) in [6.45, 7) is 6.08. The third-order valence-corrected chi connectivity index (χ3v) is 7.25. The second-order valence-electron chi connectivity index (χ2n) is 8.33. The number of imide groups is 1. The minimum Gasteiger partial charge on any atom is -0.338 e. The van der Waals surface area contributed by atoms with Crippen LogP contribution in [0.4, 0.5) is 4.79 Å². The lowest BCUT2D eigenvalue weighted by Gasteiger charge is -2.36. The summed E-state index contributed by atoms with van der Waals surface area (Å²) in [5.41, 5.74) is 0.979. The summed E-state index contributed by atoms with van der Waals surface area (Å²) < 4.78 is 2.01. The summed E-state index contributed by atoms with van der Waals surface area (Å²) in [7, 11) is 1.69. The van der Waals surface area contributed by atoms with Crippen molar-refractivity contribution in [3.05, 3.63) is 22.5 Å². The number of imidazole rings is 1. The maximum Gasteiger partial charge on any atom is 0.325 e. The molecule has 0 aromatic carbocycles. The van der Waals surface area contributed by atoms with Gasteiger partial charge < -0.3 is 10.2 Å². The van der Waals surface area contributed by atoms with Crippen molar-refractivity contribution in [1.29, 1.82) is 0 Å². The Morgan fingerprint density at radius 3 is 2.86 bits per heavy atom. The molecule has 0 radical (unpaired) electrons. The molecule has 2 aliphatic rings. The summed E-state index contributed by atoms with van der Waals surface area (Å²) >= 11 is 1.60. The fourth-order valence-corrected chi connectivity index (χ4v) is 5.40. The van der Waals surface area contributed by atoms with Gasteiger partial charge in [-0.25, -0.2) is 9.78 Å². The molecule has 4 amide bonds. The molecule has 2 unspecified atom stereocenters. The number of likely N-dealkylation sites (N-methyl/N-ethyl adjacent to an activating group) is 1. The van der Waals surface area contributed by atoms with Crippen molar-refractivity contribution in [1.82, 2.24) is 24.5 Å². The van der Waals surface area contributed by atoms with Crippen LogP contribution in [0, 0.1) is 19.8 Å². The second kappa shape index (κ2) is 7.12. The van der Waals surface area contributed by atoms with Crippen molar-refractivity contribution in [2.45, 2.75) is 58.5 Å². The number of aromatic nitrogens is 2. The molecule has 29 heavy (non-hydrogen) atoms. The van der Waals surface area contributed by atoms with E-state index in [1.54, 1.807) is 23.3 Å². The fraction of sp³-hybridized carbons (Fsp3) is 0.600. The lowest BCUT2D eigenvalue weighted by Crippen LogP contribution is -2.54. The Bertz CT molecular complexity index is 996. The number of nitrogens with one attached hydrogen (secondary N) is 1. The van der Waals surface area contributed by atoms with Gasteiger partial charge in [-0.2, -0.15) is 0 Å².